The van der Waals surface area contributed by atoms with E-state index in [4.69, 9.17) is 0 Å². The second kappa shape index (κ2) is 7.59. The van der Waals surface area contributed by atoms with Crippen LogP contribution in [0.25, 0.3) is 10.9 Å². The first-order valence-electron chi connectivity index (χ1n) is 8.01. The molecule has 0 aliphatic heterocycles. The lowest BCUT2D eigenvalue weighted by atomic mass is 10.2. The molecule has 2 heterocycles. The summed E-state index contributed by atoms with van der Waals surface area (Å²) in [5, 5.41) is 3.36. The number of rotatable bonds is 6. The molecule has 1 aromatic carbocycles. The molecule has 134 valence electrons. The zero-order chi connectivity index (χ0) is 18.6. The van der Waals surface area contributed by atoms with Gasteiger partial charge in [-0.3, -0.25) is 9.78 Å². The van der Waals surface area contributed by atoms with Crippen LogP contribution in [0.4, 0.5) is 5.82 Å². The van der Waals surface area contributed by atoms with Gasteiger partial charge < -0.3 is 5.32 Å². The number of sulfonamides is 1. The summed E-state index contributed by atoms with van der Waals surface area (Å²) in [6, 6.07) is 12.3. The number of nitrogens with zero attached hydrogens (tertiary/aromatic N) is 2. The largest absolute Gasteiger partial charge is 0.311 e. The molecule has 2 N–H and O–H groups in total. The molecule has 0 radical (unpaired) electrons. The summed E-state index contributed by atoms with van der Waals surface area (Å²) in [7, 11) is -3.73. The summed E-state index contributed by atoms with van der Waals surface area (Å²) in [5.41, 5.74) is 1.70. The van der Waals surface area contributed by atoms with E-state index in [-0.39, 0.29) is 23.8 Å². The van der Waals surface area contributed by atoms with Gasteiger partial charge in [-0.25, -0.2) is 18.1 Å². The molecule has 7 nitrogen and oxygen atoms in total. The Morgan fingerprint density at radius 2 is 1.88 bits per heavy atom. The van der Waals surface area contributed by atoms with Gasteiger partial charge in [0.05, 0.1) is 5.52 Å². The monoisotopic (exact) mass is 370 g/mol. The van der Waals surface area contributed by atoms with Gasteiger partial charge in [0, 0.05) is 30.7 Å². The van der Waals surface area contributed by atoms with Crippen molar-refractivity contribution in [1.29, 1.82) is 0 Å². The van der Waals surface area contributed by atoms with Crippen LogP contribution >= 0.6 is 0 Å². The zero-order valence-corrected chi connectivity index (χ0v) is 15.0. The lowest BCUT2D eigenvalue weighted by Gasteiger charge is -2.08. The Kier molecular flexibility index (Phi) is 5.24. The minimum absolute atomic E-state index is 0.00417. The number of benzene rings is 1. The number of fused-ring (bicyclic) bond motifs is 1. The number of aryl methyl sites for hydroxylation is 1. The fourth-order valence-corrected chi connectivity index (χ4v) is 3.34. The Hall–Kier alpha value is -2.84. The van der Waals surface area contributed by atoms with Crippen LogP contribution in [-0.4, -0.2) is 30.8 Å². The molecule has 0 aliphatic carbocycles. The van der Waals surface area contributed by atoms with Crippen molar-refractivity contribution in [1.82, 2.24) is 14.7 Å². The first kappa shape index (κ1) is 18.0. The molecule has 26 heavy (non-hydrogen) atoms. The van der Waals surface area contributed by atoms with E-state index in [1.54, 1.807) is 24.4 Å². The molecule has 1 amide bonds. The highest BCUT2D eigenvalue weighted by Crippen LogP contribution is 2.16. The van der Waals surface area contributed by atoms with Crippen LogP contribution in [0.2, 0.25) is 0 Å². The third kappa shape index (κ3) is 4.41. The summed E-state index contributed by atoms with van der Waals surface area (Å²) in [6.07, 6.45) is 2.95. The van der Waals surface area contributed by atoms with Gasteiger partial charge in [0.1, 0.15) is 10.7 Å². The number of carbonyl (C=O) groups excluding carboxylic acids is 1. The van der Waals surface area contributed by atoms with Crippen molar-refractivity contribution in [3.63, 3.8) is 0 Å². The molecule has 3 rings (SSSR count). The summed E-state index contributed by atoms with van der Waals surface area (Å²) < 4.78 is 27.1. The van der Waals surface area contributed by atoms with Crippen LogP contribution in [0.15, 0.2) is 59.8 Å². The summed E-state index contributed by atoms with van der Waals surface area (Å²) >= 11 is 0. The molecule has 0 aliphatic rings. The van der Waals surface area contributed by atoms with E-state index < -0.39 is 10.0 Å². The van der Waals surface area contributed by atoms with Gasteiger partial charge in [-0.1, -0.05) is 24.3 Å². The van der Waals surface area contributed by atoms with Crippen LogP contribution in [0, 0.1) is 6.92 Å². The number of anilines is 1. The summed E-state index contributed by atoms with van der Waals surface area (Å²) in [6.45, 7) is 1.88. The molecule has 2 aromatic heterocycles. The van der Waals surface area contributed by atoms with Gasteiger partial charge >= 0.3 is 0 Å². The number of pyridine rings is 2. The van der Waals surface area contributed by atoms with Gasteiger partial charge in [-0.15, -0.1) is 0 Å². The quantitative estimate of drug-likeness (QED) is 0.693. The first-order valence-corrected chi connectivity index (χ1v) is 9.49. The molecule has 0 saturated heterocycles. The molecular formula is C18H18N4O3S. The minimum Gasteiger partial charge on any atom is -0.311 e. The fourth-order valence-electron chi connectivity index (χ4n) is 2.33. The SMILES string of the molecule is Cc1ccc(NC(=O)CCNS(=O)(=O)c2cnc3ccccc3c2)nc1. The Bertz CT molecular complexity index is 1030. The van der Waals surface area contributed by atoms with Gasteiger partial charge in [0.15, 0.2) is 0 Å². The molecular weight excluding hydrogens is 352 g/mol. The van der Waals surface area contributed by atoms with Crippen molar-refractivity contribution in [2.24, 2.45) is 0 Å². The highest BCUT2D eigenvalue weighted by atomic mass is 32.2. The lowest BCUT2D eigenvalue weighted by molar-refractivity contribution is -0.116. The second-order valence-electron chi connectivity index (χ2n) is 5.78. The van der Waals surface area contributed by atoms with Gasteiger partial charge in [0.25, 0.3) is 0 Å². The van der Waals surface area contributed by atoms with Crippen LogP contribution in [0.1, 0.15) is 12.0 Å². The van der Waals surface area contributed by atoms with E-state index in [9.17, 15) is 13.2 Å². The van der Waals surface area contributed by atoms with Crippen molar-refractivity contribution in [3.05, 3.63) is 60.4 Å². The molecule has 0 fully saturated rings. The maximum Gasteiger partial charge on any atom is 0.242 e. The number of nitrogens with one attached hydrogen (secondary N) is 2. The number of para-hydroxylation sites is 1. The third-order valence-electron chi connectivity index (χ3n) is 3.70. The maximum absolute atomic E-state index is 12.4. The van der Waals surface area contributed by atoms with Crippen molar-refractivity contribution in [2.75, 3.05) is 11.9 Å². The molecule has 8 heteroatoms. The van der Waals surface area contributed by atoms with Crippen molar-refractivity contribution in [2.45, 2.75) is 18.2 Å². The molecule has 0 atom stereocenters. The smallest absolute Gasteiger partial charge is 0.242 e. The minimum atomic E-state index is -3.73. The number of hydrogen-bond donors (Lipinski definition) is 2. The Morgan fingerprint density at radius 3 is 2.65 bits per heavy atom. The topological polar surface area (TPSA) is 101 Å². The number of amides is 1. The Morgan fingerprint density at radius 1 is 1.08 bits per heavy atom. The van der Waals surface area contributed by atoms with Gasteiger partial charge in [-0.05, 0) is 30.7 Å². The van der Waals surface area contributed by atoms with Crippen molar-refractivity contribution >= 4 is 32.7 Å². The Balaban J connectivity index is 1.58. The average molecular weight is 370 g/mol. The third-order valence-corrected chi connectivity index (χ3v) is 5.13. The highest BCUT2D eigenvalue weighted by Gasteiger charge is 2.15. The predicted molar refractivity (Wildman–Crippen MR) is 99.2 cm³/mol. The standard InChI is InChI=1S/C18H18N4O3S/c1-13-6-7-17(20-11-13)22-18(23)8-9-21-26(24,25)15-10-14-4-2-3-5-16(14)19-12-15/h2-7,10-12,21H,8-9H2,1H3,(H,20,22,23). The van der Waals surface area contributed by atoms with Crippen molar-refractivity contribution < 1.29 is 13.2 Å². The van der Waals surface area contributed by atoms with Gasteiger partial charge in [-0.2, -0.15) is 0 Å². The molecule has 3 aromatic rings. The number of aromatic nitrogens is 2. The molecule has 0 spiro atoms. The van der Waals surface area contributed by atoms with E-state index in [1.165, 1.54) is 6.20 Å². The summed E-state index contributed by atoms with van der Waals surface area (Å²) in [5.74, 6) is 0.114. The van der Waals surface area contributed by atoms with E-state index in [1.807, 2.05) is 31.2 Å². The lowest BCUT2D eigenvalue weighted by Crippen LogP contribution is -2.28. The van der Waals surface area contributed by atoms with Gasteiger partial charge in [0.2, 0.25) is 15.9 Å². The van der Waals surface area contributed by atoms with E-state index in [0.717, 1.165) is 16.5 Å². The molecule has 0 bridgehead atoms. The molecule has 0 saturated carbocycles. The van der Waals surface area contributed by atoms with E-state index in [2.05, 4.69) is 20.0 Å². The summed E-state index contributed by atoms with van der Waals surface area (Å²) in [4.78, 5) is 20.2. The van der Waals surface area contributed by atoms with Crippen LogP contribution in [0.3, 0.4) is 0 Å². The van der Waals surface area contributed by atoms with E-state index in [0.29, 0.717) is 5.82 Å². The van der Waals surface area contributed by atoms with Crippen LogP contribution in [-0.2, 0) is 14.8 Å². The van der Waals surface area contributed by atoms with Crippen molar-refractivity contribution in [3.8, 4) is 0 Å². The van der Waals surface area contributed by atoms with Crippen LogP contribution in [0.5, 0.6) is 0 Å². The fraction of sp³-hybridized carbons (Fsp3) is 0.167. The number of carbonyl (C=O) groups is 1. The highest BCUT2D eigenvalue weighted by molar-refractivity contribution is 7.89. The normalized spacial score (nSPS) is 11.4. The Labute approximate surface area is 151 Å². The zero-order valence-electron chi connectivity index (χ0n) is 14.1. The van der Waals surface area contributed by atoms with Crippen LogP contribution < -0.4 is 10.0 Å². The molecule has 0 unspecified atom stereocenters. The predicted octanol–water partition coefficient (Wildman–Crippen LogP) is 2.25. The number of hydrogen-bond acceptors (Lipinski definition) is 5. The first-order chi connectivity index (χ1) is 12.4. The van der Waals surface area contributed by atoms with E-state index >= 15 is 0 Å². The maximum atomic E-state index is 12.4. The average Bonchev–Trinajstić information content (AvgIpc) is 2.63. The second-order valence-corrected chi connectivity index (χ2v) is 7.55.